The van der Waals surface area contributed by atoms with Crippen LogP contribution in [0.3, 0.4) is 0 Å². The SMILES string of the molecule is CCCCc1nc(C(F)(F)CCC)nn1Cc1ccc(-n2ccc(-c3ccccc3)c2-c2nnn[nH]2)cc1. The smallest absolute Gasteiger partial charge is 0.308 e. The van der Waals surface area contributed by atoms with Crippen LogP contribution in [0.25, 0.3) is 28.3 Å². The Bertz CT molecular complexity index is 1450. The molecule has 0 saturated heterocycles. The second kappa shape index (κ2) is 11.0. The summed E-state index contributed by atoms with van der Waals surface area (Å²) in [5.74, 6) is -2.25. The largest absolute Gasteiger partial charge is 0.313 e. The van der Waals surface area contributed by atoms with Gasteiger partial charge in [0.2, 0.25) is 5.82 Å². The van der Waals surface area contributed by atoms with Crippen molar-refractivity contribution >= 4 is 0 Å². The summed E-state index contributed by atoms with van der Waals surface area (Å²) in [5.41, 5.74) is 4.75. The number of hydrogen-bond donors (Lipinski definition) is 1. The molecule has 1 N–H and O–H groups in total. The zero-order chi connectivity index (χ0) is 26.5. The van der Waals surface area contributed by atoms with Crippen molar-refractivity contribution < 1.29 is 8.78 Å². The number of alkyl halides is 2. The molecule has 0 bridgehead atoms. The van der Waals surface area contributed by atoms with Crippen molar-refractivity contribution in [2.45, 2.75) is 58.4 Å². The summed E-state index contributed by atoms with van der Waals surface area (Å²) >= 11 is 0. The molecule has 0 aliphatic rings. The van der Waals surface area contributed by atoms with E-state index in [2.05, 4.69) is 37.6 Å². The summed E-state index contributed by atoms with van der Waals surface area (Å²) in [6, 6.07) is 20.0. The molecule has 0 fully saturated rings. The van der Waals surface area contributed by atoms with E-state index < -0.39 is 5.92 Å². The Morgan fingerprint density at radius 2 is 1.74 bits per heavy atom. The molecule has 0 aliphatic heterocycles. The van der Waals surface area contributed by atoms with Gasteiger partial charge in [0.25, 0.3) is 0 Å². The van der Waals surface area contributed by atoms with Crippen molar-refractivity contribution in [3.05, 3.63) is 84.1 Å². The van der Waals surface area contributed by atoms with Crippen LogP contribution < -0.4 is 0 Å². The van der Waals surface area contributed by atoms with Gasteiger partial charge in [-0.25, -0.2) is 14.8 Å². The zero-order valence-electron chi connectivity index (χ0n) is 21.5. The monoisotopic (exact) mass is 516 g/mol. The van der Waals surface area contributed by atoms with Crippen LogP contribution in [-0.2, 0) is 18.9 Å². The maximum absolute atomic E-state index is 14.6. The van der Waals surface area contributed by atoms with E-state index >= 15 is 0 Å². The zero-order valence-corrected chi connectivity index (χ0v) is 21.5. The molecule has 196 valence electrons. The summed E-state index contributed by atoms with van der Waals surface area (Å²) in [6.45, 7) is 4.18. The quantitative estimate of drug-likeness (QED) is 0.226. The van der Waals surface area contributed by atoms with Gasteiger partial charge in [-0.3, -0.25) is 0 Å². The van der Waals surface area contributed by atoms with Crippen LogP contribution in [0.4, 0.5) is 8.78 Å². The van der Waals surface area contributed by atoms with Gasteiger partial charge in [0, 0.05) is 30.3 Å². The van der Waals surface area contributed by atoms with Crippen molar-refractivity contribution in [3.63, 3.8) is 0 Å². The highest BCUT2D eigenvalue weighted by Gasteiger charge is 2.36. The highest BCUT2D eigenvalue weighted by atomic mass is 19.3. The summed E-state index contributed by atoms with van der Waals surface area (Å²) in [5, 5.41) is 18.8. The molecule has 8 nitrogen and oxygen atoms in total. The number of unbranched alkanes of at least 4 members (excludes halogenated alkanes) is 1. The molecule has 0 radical (unpaired) electrons. The Labute approximate surface area is 219 Å². The van der Waals surface area contributed by atoms with Crippen LogP contribution in [0.2, 0.25) is 0 Å². The summed E-state index contributed by atoms with van der Waals surface area (Å²) in [6.07, 6.45) is 4.52. The van der Waals surface area contributed by atoms with Gasteiger partial charge in [0.1, 0.15) is 11.5 Å². The lowest BCUT2D eigenvalue weighted by atomic mass is 10.1. The van der Waals surface area contributed by atoms with E-state index in [0.29, 0.717) is 31.0 Å². The highest BCUT2D eigenvalue weighted by Crippen LogP contribution is 2.34. The molecular weight excluding hydrogens is 486 g/mol. The van der Waals surface area contributed by atoms with Gasteiger partial charge in [-0.1, -0.05) is 62.7 Å². The lowest BCUT2D eigenvalue weighted by molar-refractivity contribution is -0.0232. The Hall–Kier alpha value is -4.21. The highest BCUT2D eigenvalue weighted by molar-refractivity contribution is 5.80. The number of rotatable bonds is 11. The molecule has 0 spiro atoms. The van der Waals surface area contributed by atoms with Crippen LogP contribution >= 0.6 is 0 Å². The van der Waals surface area contributed by atoms with Crippen LogP contribution in [0, 0.1) is 0 Å². The molecule has 0 atom stereocenters. The average molecular weight is 517 g/mol. The van der Waals surface area contributed by atoms with Gasteiger partial charge in [0.15, 0.2) is 5.82 Å². The predicted molar refractivity (Wildman–Crippen MR) is 141 cm³/mol. The van der Waals surface area contributed by atoms with Gasteiger partial charge in [-0.2, -0.15) is 8.78 Å². The Balaban J connectivity index is 1.45. The third-order valence-electron chi connectivity index (χ3n) is 6.48. The van der Waals surface area contributed by atoms with Crippen LogP contribution in [0.5, 0.6) is 0 Å². The minimum atomic E-state index is -3.03. The molecule has 5 rings (SSSR count). The lowest BCUT2D eigenvalue weighted by Gasteiger charge is -2.11. The van der Waals surface area contributed by atoms with Gasteiger partial charge in [-0.05, 0) is 52.6 Å². The molecule has 0 saturated carbocycles. The first kappa shape index (κ1) is 25.4. The fourth-order valence-corrected chi connectivity index (χ4v) is 4.54. The van der Waals surface area contributed by atoms with Crippen molar-refractivity contribution in [1.29, 1.82) is 0 Å². The Morgan fingerprint density at radius 3 is 2.42 bits per heavy atom. The molecule has 3 heterocycles. The lowest BCUT2D eigenvalue weighted by Crippen LogP contribution is -2.15. The normalized spacial score (nSPS) is 11.8. The number of nitrogens with zero attached hydrogens (tertiary/aromatic N) is 7. The second-order valence-electron chi connectivity index (χ2n) is 9.30. The number of halogens is 2. The first-order valence-electron chi connectivity index (χ1n) is 12.9. The van der Waals surface area contributed by atoms with Gasteiger partial charge in [-0.15, -0.1) is 10.2 Å². The third-order valence-corrected chi connectivity index (χ3v) is 6.48. The van der Waals surface area contributed by atoms with E-state index in [4.69, 9.17) is 0 Å². The number of aromatic nitrogens is 8. The first-order chi connectivity index (χ1) is 18.5. The van der Waals surface area contributed by atoms with E-state index in [9.17, 15) is 8.78 Å². The van der Waals surface area contributed by atoms with E-state index in [0.717, 1.165) is 40.9 Å². The van der Waals surface area contributed by atoms with Gasteiger partial charge >= 0.3 is 5.92 Å². The summed E-state index contributed by atoms with van der Waals surface area (Å²) in [4.78, 5) is 4.25. The molecule has 5 aromatic rings. The number of benzene rings is 2. The van der Waals surface area contributed by atoms with Crippen molar-refractivity contribution in [3.8, 4) is 28.3 Å². The van der Waals surface area contributed by atoms with Crippen molar-refractivity contribution in [2.24, 2.45) is 0 Å². The standard InChI is InChI=1S/C28H30F2N8/c1-3-5-11-24-31-27(28(29,30)17-4-2)34-38(24)19-20-12-14-22(15-13-20)37-18-16-23(21-9-7-6-8-10-21)25(37)26-32-35-36-33-26/h6-10,12-16,18H,3-5,11,17,19H2,1-2H3,(H,32,33,35,36). The van der Waals surface area contributed by atoms with E-state index in [1.54, 1.807) is 11.6 Å². The number of tetrazole rings is 1. The van der Waals surface area contributed by atoms with E-state index in [-0.39, 0.29) is 12.2 Å². The topological polar surface area (TPSA) is 90.1 Å². The molecule has 3 aromatic heterocycles. The molecule has 0 amide bonds. The minimum absolute atomic E-state index is 0.260. The molecular formula is C28H30F2N8. The number of aryl methyl sites for hydroxylation is 1. The summed E-state index contributed by atoms with van der Waals surface area (Å²) in [7, 11) is 0. The molecule has 2 aromatic carbocycles. The van der Waals surface area contributed by atoms with Crippen LogP contribution in [-0.4, -0.2) is 40.0 Å². The maximum atomic E-state index is 14.6. The second-order valence-corrected chi connectivity index (χ2v) is 9.30. The number of aromatic amines is 1. The van der Waals surface area contributed by atoms with Gasteiger partial charge < -0.3 is 4.57 Å². The molecule has 10 heteroatoms. The van der Waals surface area contributed by atoms with Crippen molar-refractivity contribution in [2.75, 3.05) is 0 Å². The number of nitrogens with one attached hydrogen (secondary N) is 1. The van der Waals surface area contributed by atoms with E-state index in [1.807, 2.05) is 71.4 Å². The number of H-pyrrole nitrogens is 1. The van der Waals surface area contributed by atoms with Gasteiger partial charge in [0.05, 0.1) is 6.54 Å². The maximum Gasteiger partial charge on any atom is 0.308 e. The van der Waals surface area contributed by atoms with Crippen LogP contribution in [0.1, 0.15) is 56.7 Å². The fourth-order valence-electron chi connectivity index (χ4n) is 4.54. The molecule has 0 aliphatic carbocycles. The Morgan fingerprint density at radius 1 is 0.947 bits per heavy atom. The average Bonchev–Trinajstić information content (AvgIpc) is 3.68. The third kappa shape index (κ3) is 5.25. The molecule has 0 unspecified atom stereocenters. The Kier molecular flexibility index (Phi) is 7.39. The summed E-state index contributed by atoms with van der Waals surface area (Å²) < 4.78 is 32.8. The van der Waals surface area contributed by atoms with Crippen molar-refractivity contribution in [1.82, 2.24) is 40.0 Å². The predicted octanol–water partition coefficient (Wildman–Crippen LogP) is 6.20. The fraction of sp³-hybridized carbons (Fsp3) is 0.321. The minimum Gasteiger partial charge on any atom is -0.313 e. The molecule has 38 heavy (non-hydrogen) atoms. The number of hydrogen-bond acceptors (Lipinski definition) is 5. The van der Waals surface area contributed by atoms with Crippen LogP contribution in [0.15, 0.2) is 66.9 Å². The van der Waals surface area contributed by atoms with E-state index in [1.165, 1.54) is 0 Å². The first-order valence-corrected chi connectivity index (χ1v) is 12.9.